The fourth-order valence-corrected chi connectivity index (χ4v) is 1.61. The Kier molecular flexibility index (Phi) is 3.97. The first-order valence-electron chi connectivity index (χ1n) is 4.45. The van der Waals surface area contributed by atoms with Crippen molar-refractivity contribution in [2.24, 2.45) is 0 Å². The van der Waals surface area contributed by atoms with Crippen molar-refractivity contribution in [2.45, 2.75) is 12.8 Å². The number of ether oxygens (including phenoxy) is 2. The van der Waals surface area contributed by atoms with Crippen molar-refractivity contribution in [3.05, 3.63) is 28.8 Å². The topological polar surface area (TPSA) is 35.5 Å². The number of esters is 1. The van der Waals surface area contributed by atoms with Crippen LogP contribution in [0.25, 0.3) is 0 Å². The molecule has 1 rings (SSSR count). The van der Waals surface area contributed by atoms with E-state index < -0.39 is 0 Å². The molecule has 0 heterocycles. The first-order valence-corrected chi connectivity index (χ1v) is 4.99. The van der Waals surface area contributed by atoms with E-state index in [1.807, 2.05) is 6.92 Å². The van der Waals surface area contributed by atoms with Crippen molar-refractivity contribution in [1.29, 1.82) is 0 Å². The van der Waals surface area contributed by atoms with Crippen molar-refractivity contribution in [1.82, 2.24) is 0 Å². The summed E-state index contributed by atoms with van der Waals surface area (Å²) in [6, 6.07) is 3.37. The molecule has 0 saturated carbocycles. The molecule has 0 radical (unpaired) electrons. The lowest BCUT2D eigenvalue weighted by Gasteiger charge is -2.10. The predicted molar refractivity (Wildman–Crippen MR) is 58.6 cm³/mol. The number of carbonyl (C=O) groups excluding carboxylic acids is 1. The molecule has 1 aromatic carbocycles. The Morgan fingerprint density at radius 3 is 2.53 bits per heavy atom. The molecule has 0 atom stereocenters. The summed E-state index contributed by atoms with van der Waals surface area (Å²) >= 11 is 5.77. The summed E-state index contributed by atoms with van der Waals surface area (Å²) in [5, 5.41) is 0. The second kappa shape index (κ2) is 5.03. The number of hydrogen-bond acceptors (Lipinski definition) is 3. The van der Waals surface area contributed by atoms with Crippen LogP contribution in [-0.4, -0.2) is 20.2 Å². The molecule has 0 amide bonds. The van der Waals surface area contributed by atoms with Gasteiger partial charge in [0.1, 0.15) is 5.75 Å². The SMILES string of the molecule is COC(=O)c1cc(CCl)c(C)c(OC)c1. The van der Waals surface area contributed by atoms with Gasteiger partial charge in [-0.1, -0.05) is 0 Å². The van der Waals surface area contributed by atoms with E-state index >= 15 is 0 Å². The van der Waals surface area contributed by atoms with Gasteiger partial charge in [-0.15, -0.1) is 11.6 Å². The van der Waals surface area contributed by atoms with E-state index in [9.17, 15) is 4.79 Å². The predicted octanol–water partition coefficient (Wildman–Crippen LogP) is 2.53. The molecule has 0 unspecified atom stereocenters. The fraction of sp³-hybridized carbons (Fsp3) is 0.364. The fourth-order valence-electron chi connectivity index (χ4n) is 1.33. The molecule has 0 aliphatic rings. The van der Waals surface area contributed by atoms with Gasteiger partial charge in [0, 0.05) is 5.88 Å². The van der Waals surface area contributed by atoms with E-state index in [1.54, 1.807) is 19.2 Å². The van der Waals surface area contributed by atoms with Crippen LogP contribution in [-0.2, 0) is 10.6 Å². The highest BCUT2D eigenvalue weighted by Crippen LogP contribution is 2.25. The van der Waals surface area contributed by atoms with Gasteiger partial charge in [0.15, 0.2) is 0 Å². The minimum atomic E-state index is -0.389. The highest BCUT2D eigenvalue weighted by Gasteiger charge is 2.12. The third-order valence-electron chi connectivity index (χ3n) is 2.25. The number of rotatable bonds is 3. The van der Waals surface area contributed by atoms with E-state index in [-0.39, 0.29) is 5.97 Å². The molecule has 1 aromatic rings. The first kappa shape index (κ1) is 11.9. The van der Waals surface area contributed by atoms with Gasteiger partial charge in [0.2, 0.25) is 0 Å². The molecule has 0 aromatic heterocycles. The van der Waals surface area contributed by atoms with E-state index in [0.29, 0.717) is 17.2 Å². The minimum Gasteiger partial charge on any atom is -0.496 e. The smallest absolute Gasteiger partial charge is 0.337 e. The van der Waals surface area contributed by atoms with Crippen molar-refractivity contribution in [3.63, 3.8) is 0 Å². The van der Waals surface area contributed by atoms with Crippen LogP contribution in [0.3, 0.4) is 0 Å². The normalized spacial score (nSPS) is 9.87. The molecule has 0 spiro atoms. The van der Waals surface area contributed by atoms with Crippen molar-refractivity contribution < 1.29 is 14.3 Å². The van der Waals surface area contributed by atoms with Crippen LogP contribution in [0, 0.1) is 6.92 Å². The number of alkyl halides is 1. The first-order chi connectivity index (χ1) is 7.13. The van der Waals surface area contributed by atoms with E-state index in [2.05, 4.69) is 4.74 Å². The monoisotopic (exact) mass is 228 g/mol. The Bertz CT molecular complexity index is 349. The highest BCUT2D eigenvalue weighted by molar-refractivity contribution is 6.17. The molecule has 82 valence electrons. The second-order valence-electron chi connectivity index (χ2n) is 3.09. The summed E-state index contributed by atoms with van der Waals surface area (Å²) in [5.74, 6) is 0.598. The van der Waals surface area contributed by atoms with Crippen LogP contribution in [0.5, 0.6) is 5.75 Å². The van der Waals surface area contributed by atoms with Gasteiger partial charge in [0.25, 0.3) is 0 Å². The van der Waals surface area contributed by atoms with Crippen LogP contribution in [0.4, 0.5) is 0 Å². The van der Waals surface area contributed by atoms with E-state index in [1.165, 1.54) is 7.11 Å². The molecule has 0 bridgehead atoms. The standard InChI is InChI=1S/C11H13ClO3/c1-7-9(6-12)4-8(11(13)15-3)5-10(7)14-2/h4-5H,6H2,1-3H3. The maximum absolute atomic E-state index is 11.3. The van der Waals surface area contributed by atoms with E-state index in [4.69, 9.17) is 16.3 Å². The molecule has 0 aliphatic carbocycles. The Labute approximate surface area is 93.9 Å². The Balaban J connectivity index is 3.26. The van der Waals surface area contributed by atoms with E-state index in [0.717, 1.165) is 11.1 Å². The number of methoxy groups -OCH3 is 2. The van der Waals surface area contributed by atoms with Crippen LogP contribution in [0.1, 0.15) is 21.5 Å². The zero-order valence-electron chi connectivity index (χ0n) is 8.96. The lowest BCUT2D eigenvalue weighted by Crippen LogP contribution is -2.04. The van der Waals surface area contributed by atoms with Gasteiger partial charge in [-0.3, -0.25) is 0 Å². The lowest BCUT2D eigenvalue weighted by molar-refractivity contribution is 0.0600. The largest absolute Gasteiger partial charge is 0.496 e. The summed E-state index contributed by atoms with van der Waals surface area (Å²) < 4.78 is 9.79. The summed E-state index contributed by atoms with van der Waals surface area (Å²) in [4.78, 5) is 11.3. The summed E-state index contributed by atoms with van der Waals surface area (Å²) in [6.07, 6.45) is 0. The third-order valence-corrected chi connectivity index (χ3v) is 2.54. The van der Waals surface area contributed by atoms with Gasteiger partial charge < -0.3 is 9.47 Å². The quantitative estimate of drug-likeness (QED) is 0.589. The van der Waals surface area contributed by atoms with Crippen LogP contribution < -0.4 is 4.74 Å². The zero-order valence-corrected chi connectivity index (χ0v) is 9.72. The molecule has 15 heavy (non-hydrogen) atoms. The molecule has 0 saturated heterocycles. The number of hydrogen-bond donors (Lipinski definition) is 0. The minimum absolute atomic E-state index is 0.340. The molecule has 0 fully saturated rings. The van der Waals surface area contributed by atoms with Gasteiger partial charge in [-0.2, -0.15) is 0 Å². The van der Waals surface area contributed by atoms with Gasteiger partial charge in [-0.05, 0) is 30.2 Å². The van der Waals surface area contributed by atoms with Gasteiger partial charge >= 0.3 is 5.97 Å². The molecular weight excluding hydrogens is 216 g/mol. The van der Waals surface area contributed by atoms with Crippen LogP contribution in [0.15, 0.2) is 12.1 Å². The van der Waals surface area contributed by atoms with Gasteiger partial charge in [-0.25, -0.2) is 4.79 Å². The molecule has 3 nitrogen and oxygen atoms in total. The molecular formula is C11H13ClO3. The van der Waals surface area contributed by atoms with Crippen LogP contribution in [0.2, 0.25) is 0 Å². The molecule has 4 heteroatoms. The number of halogens is 1. The van der Waals surface area contributed by atoms with Gasteiger partial charge in [0.05, 0.1) is 19.8 Å². The maximum Gasteiger partial charge on any atom is 0.337 e. The third kappa shape index (κ3) is 2.42. The average molecular weight is 229 g/mol. The van der Waals surface area contributed by atoms with Crippen molar-refractivity contribution in [2.75, 3.05) is 14.2 Å². The zero-order chi connectivity index (χ0) is 11.4. The summed E-state index contributed by atoms with van der Waals surface area (Å²) in [7, 11) is 2.90. The molecule has 0 aliphatic heterocycles. The number of benzene rings is 1. The summed E-state index contributed by atoms with van der Waals surface area (Å²) in [5.41, 5.74) is 2.27. The van der Waals surface area contributed by atoms with Crippen molar-refractivity contribution in [3.8, 4) is 5.75 Å². The average Bonchev–Trinajstić information content (AvgIpc) is 2.28. The highest BCUT2D eigenvalue weighted by atomic mass is 35.5. The maximum atomic E-state index is 11.3. The Morgan fingerprint density at radius 2 is 2.07 bits per heavy atom. The van der Waals surface area contributed by atoms with Crippen LogP contribution >= 0.6 is 11.6 Å². The van der Waals surface area contributed by atoms with Crippen molar-refractivity contribution >= 4 is 17.6 Å². The number of carbonyl (C=O) groups is 1. The summed E-state index contributed by atoms with van der Waals surface area (Å²) in [6.45, 7) is 1.90. The Morgan fingerprint density at radius 1 is 1.40 bits per heavy atom. The lowest BCUT2D eigenvalue weighted by atomic mass is 10.0. The second-order valence-corrected chi connectivity index (χ2v) is 3.36. The Hall–Kier alpha value is -1.22. The molecule has 0 N–H and O–H groups in total.